The quantitative estimate of drug-likeness (QED) is 0.555. The molecule has 1 aromatic heterocycles. The van der Waals surface area contributed by atoms with E-state index in [1.165, 1.54) is 82.0 Å². The number of piperidine rings is 3. The molecule has 3 unspecified atom stereocenters. The topological polar surface area (TPSA) is 61.6 Å². The second kappa shape index (κ2) is 10.00. The number of hydrogen-bond donors (Lipinski definition) is 1. The molecule has 2 saturated carbocycles. The van der Waals surface area contributed by atoms with Crippen LogP contribution in [0.3, 0.4) is 0 Å². The van der Waals surface area contributed by atoms with Crippen molar-refractivity contribution in [1.82, 2.24) is 19.4 Å². The number of aliphatic carboxylic acids is 1. The zero-order valence-corrected chi connectivity index (χ0v) is 22.3. The minimum absolute atomic E-state index is 0.142. The number of rotatable bonds is 5. The first-order valence-corrected chi connectivity index (χ1v) is 15.3. The number of hydrogen-bond acceptors (Lipinski definition) is 4. The van der Waals surface area contributed by atoms with Crippen molar-refractivity contribution in [2.45, 2.75) is 114 Å². The fraction of sp³-hybridized carbons (Fsp3) is 0.742. The molecule has 1 N–H and O–H groups in total. The molecule has 200 valence electrons. The highest BCUT2D eigenvalue weighted by Crippen LogP contribution is 2.49. The van der Waals surface area contributed by atoms with E-state index >= 15 is 0 Å². The Hall–Kier alpha value is -1.92. The van der Waals surface area contributed by atoms with Crippen LogP contribution in [0.25, 0.3) is 11.0 Å². The van der Waals surface area contributed by atoms with E-state index in [9.17, 15) is 9.90 Å². The lowest BCUT2D eigenvalue weighted by Crippen LogP contribution is -2.59. The van der Waals surface area contributed by atoms with Crippen LogP contribution in [0.1, 0.15) is 101 Å². The standard InChI is InChI=1S/C31H44N4O2/c36-30(37)20-33-15-5-8-23(19-33)31-32-27-11-1-2-12-29(27)35(31)26-17-24-9-4-10-25(18-26)34(24)28-14-13-21-6-3-7-22(28)16-21/h1-2,11-12,21-26,28H,3-10,13-20H2,(H,36,37)/t21?,22-,23+,24-,25+,26?,28?/m1/s1. The summed E-state index contributed by atoms with van der Waals surface area (Å²) in [5.74, 6) is 2.78. The zero-order chi connectivity index (χ0) is 24.9. The fourth-order valence-electron chi connectivity index (χ4n) is 9.46. The predicted octanol–water partition coefficient (Wildman–Crippen LogP) is 5.83. The first kappa shape index (κ1) is 24.1. The Kier molecular flexibility index (Phi) is 6.52. The van der Waals surface area contributed by atoms with Crippen LogP contribution in [0.4, 0.5) is 0 Å². The van der Waals surface area contributed by atoms with Crippen LogP contribution in [0.5, 0.6) is 0 Å². The van der Waals surface area contributed by atoms with Crippen molar-refractivity contribution in [1.29, 1.82) is 0 Å². The Balaban J connectivity index is 1.19. The highest BCUT2D eigenvalue weighted by molar-refractivity contribution is 5.76. The first-order valence-electron chi connectivity index (χ1n) is 15.3. The van der Waals surface area contributed by atoms with Crippen molar-refractivity contribution in [3.8, 4) is 0 Å². The number of benzene rings is 1. The summed E-state index contributed by atoms with van der Waals surface area (Å²) in [6, 6.07) is 11.5. The lowest BCUT2D eigenvalue weighted by atomic mass is 9.67. The van der Waals surface area contributed by atoms with Gasteiger partial charge in [0, 0.05) is 36.6 Å². The first-order chi connectivity index (χ1) is 18.1. The van der Waals surface area contributed by atoms with Crippen LogP contribution in [0, 0.1) is 11.8 Å². The number of carboxylic acid groups (broad SMARTS) is 1. The van der Waals surface area contributed by atoms with Gasteiger partial charge in [-0.25, -0.2) is 4.98 Å². The summed E-state index contributed by atoms with van der Waals surface area (Å²) in [5.41, 5.74) is 2.40. The van der Waals surface area contributed by atoms with E-state index in [-0.39, 0.29) is 6.54 Å². The third kappa shape index (κ3) is 4.52. The number of fused-ring (bicyclic) bond motifs is 5. The van der Waals surface area contributed by atoms with Crippen LogP contribution in [0.2, 0.25) is 0 Å². The highest BCUT2D eigenvalue weighted by Gasteiger charge is 2.47. The predicted molar refractivity (Wildman–Crippen MR) is 146 cm³/mol. The van der Waals surface area contributed by atoms with E-state index in [1.807, 2.05) is 0 Å². The van der Waals surface area contributed by atoms with E-state index in [0.717, 1.165) is 49.3 Å². The van der Waals surface area contributed by atoms with E-state index in [1.54, 1.807) is 0 Å². The Morgan fingerprint density at radius 3 is 2.54 bits per heavy atom. The lowest BCUT2D eigenvalue weighted by molar-refractivity contribution is -0.138. The number of carboxylic acids is 1. The smallest absolute Gasteiger partial charge is 0.317 e. The Morgan fingerprint density at radius 1 is 0.892 bits per heavy atom. The zero-order valence-electron chi connectivity index (χ0n) is 22.3. The van der Waals surface area contributed by atoms with Gasteiger partial charge in [0.25, 0.3) is 0 Å². The van der Waals surface area contributed by atoms with Gasteiger partial charge in [-0.1, -0.05) is 31.4 Å². The van der Waals surface area contributed by atoms with Crippen LogP contribution < -0.4 is 0 Å². The molecular weight excluding hydrogens is 460 g/mol. The molecule has 2 aromatic rings. The van der Waals surface area contributed by atoms with Crippen molar-refractivity contribution >= 4 is 17.0 Å². The Morgan fingerprint density at radius 2 is 1.70 bits per heavy atom. The van der Waals surface area contributed by atoms with Crippen molar-refractivity contribution in [3.63, 3.8) is 0 Å². The van der Waals surface area contributed by atoms with Gasteiger partial charge in [0.2, 0.25) is 0 Å². The van der Waals surface area contributed by atoms with Gasteiger partial charge in [0.1, 0.15) is 5.82 Å². The van der Waals surface area contributed by atoms with Crippen LogP contribution in [-0.4, -0.2) is 68.2 Å². The Labute approximate surface area is 221 Å². The van der Waals surface area contributed by atoms with Crippen molar-refractivity contribution in [3.05, 3.63) is 30.1 Å². The molecule has 6 nitrogen and oxygen atoms in total. The second-order valence-corrected chi connectivity index (χ2v) is 13.0. The highest BCUT2D eigenvalue weighted by atomic mass is 16.4. The second-order valence-electron chi connectivity index (χ2n) is 13.0. The van der Waals surface area contributed by atoms with Gasteiger partial charge in [-0.15, -0.1) is 0 Å². The van der Waals surface area contributed by atoms with Gasteiger partial charge < -0.3 is 9.67 Å². The van der Waals surface area contributed by atoms with Gasteiger partial charge >= 0.3 is 5.97 Å². The third-order valence-electron chi connectivity index (χ3n) is 10.8. The molecule has 3 aliphatic heterocycles. The summed E-state index contributed by atoms with van der Waals surface area (Å²) in [4.78, 5) is 21.9. The number of nitrogens with zero attached hydrogens (tertiary/aromatic N) is 4. The Bertz CT molecular complexity index is 1120. The summed E-state index contributed by atoms with van der Waals surface area (Å²) < 4.78 is 2.64. The van der Waals surface area contributed by atoms with Crippen molar-refractivity contribution in [2.24, 2.45) is 11.8 Å². The van der Waals surface area contributed by atoms with Gasteiger partial charge in [-0.2, -0.15) is 0 Å². The molecule has 0 radical (unpaired) electrons. The SMILES string of the molecule is O=C(O)CN1CCC[C@H](c2nc3ccccc3n2C2C[C@H]3CCC[C@@H](C2)N3C2CCC3CCC[C@@H]2C3)C1. The lowest BCUT2D eigenvalue weighted by Gasteiger charge is -2.56. The molecule has 2 aliphatic carbocycles. The number of likely N-dealkylation sites (tertiary alicyclic amines) is 1. The summed E-state index contributed by atoms with van der Waals surface area (Å²) in [6.07, 6.45) is 17.6. The number of aromatic nitrogens is 2. The molecule has 6 heteroatoms. The van der Waals surface area contributed by atoms with Gasteiger partial charge in [-0.05, 0) is 94.7 Å². The minimum Gasteiger partial charge on any atom is -0.480 e. The molecule has 5 aliphatic rings. The van der Waals surface area contributed by atoms with Crippen LogP contribution >= 0.6 is 0 Å². The molecular formula is C31H44N4O2. The number of imidazole rings is 1. The third-order valence-corrected chi connectivity index (χ3v) is 10.8. The molecule has 0 spiro atoms. The van der Waals surface area contributed by atoms with E-state index in [0.29, 0.717) is 24.0 Å². The number of para-hydroxylation sites is 2. The molecule has 4 heterocycles. The molecule has 37 heavy (non-hydrogen) atoms. The molecule has 4 bridgehead atoms. The number of carbonyl (C=O) groups is 1. The molecule has 3 saturated heterocycles. The maximum Gasteiger partial charge on any atom is 0.317 e. The van der Waals surface area contributed by atoms with Crippen LogP contribution in [0.15, 0.2) is 24.3 Å². The normalized spacial score (nSPS) is 37.0. The summed E-state index contributed by atoms with van der Waals surface area (Å²) in [7, 11) is 0. The molecule has 0 amide bonds. The average Bonchev–Trinajstić information content (AvgIpc) is 3.28. The average molecular weight is 505 g/mol. The van der Waals surface area contributed by atoms with Crippen LogP contribution in [-0.2, 0) is 4.79 Å². The molecule has 5 fully saturated rings. The van der Waals surface area contributed by atoms with Gasteiger partial charge in [-0.3, -0.25) is 14.6 Å². The monoisotopic (exact) mass is 504 g/mol. The molecule has 1 aromatic carbocycles. The van der Waals surface area contributed by atoms with Crippen molar-refractivity contribution in [2.75, 3.05) is 19.6 Å². The largest absolute Gasteiger partial charge is 0.480 e. The summed E-state index contributed by atoms with van der Waals surface area (Å²) in [5, 5.41) is 9.41. The maximum atomic E-state index is 11.4. The molecule has 7 atom stereocenters. The summed E-state index contributed by atoms with van der Waals surface area (Å²) >= 11 is 0. The maximum absolute atomic E-state index is 11.4. The van der Waals surface area contributed by atoms with Crippen molar-refractivity contribution < 1.29 is 9.90 Å². The van der Waals surface area contributed by atoms with Gasteiger partial charge in [0.05, 0.1) is 17.6 Å². The fourth-order valence-corrected chi connectivity index (χ4v) is 9.46. The minimum atomic E-state index is -0.721. The van der Waals surface area contributed by atoms with Gasteiger partial charge in [0.15, 0.2) is 0 Å². The summed E-state index contributed by atoms with van der Waals surface area (Å²) in [6.45, 7) is 1.84. The molecule has 7 rings (SSSR count). The van der Waals surface area contributed by atoms with E-state index in [4.69, 9.17) is 4.98 Å². The van der Waals surface area contributed by atoms with E-state index in [2.05, 4.69) is 38.6 Å². The van der Waals surface area contributed by atoms with E-state index < -0.39 is 5.97 Å².